The summed E-state index contributed by atoms with van der Waals surface area (Å²) in [6.45, 7) is 1.68. The molecule has 1 aromatic carbocycles. The molecule has 0 aliphatic carbocycles. The number of aromatic nitrogens is 2. The number of aliphatic hydroxyl groups excluding tert-OH is 1. The first-order valence-corrected chi connectivity index (χ1v) is 5.90. The van der Waals surface area contributed by atoms with Crippen molar-refractivity contribution in [1.82, 2.24) is 9.55 Å². The Bertz CT molecular complexity index is 479. The molecule has 4 nitrogen and oxygen atoms in total. The van der Waals surface area contributed by atoms with E-state index in [0.29, 0.717) is 6.61 Å². The number of fused-ring (bicyclic) bond motifs is 1. The minimum atomic E-state index is 0.202. The minimum Gasteiger partial charge on any atom is -0.396 e. The Balaban J connectivity index is 2.34. The molecule has 1 aromatic heterocycles. The van der Waals surface area contributed by atoms with Crippen LogP contribution in [0.5, 0.6) is 0 Å². The number of aliphatic hydroxyl groups is 1. The van der Waals surface area contributed by atoms with Crippen LogP contribution < -0.4 is 0 Å². The van der Waals surface area contributed by atoms with Crippen molar-refractivity contribution < 1.29 is 9.84 Å². The highest BCUT2D eigenvalue weighted by Crippen LogP contribution is 2.16. The summed E-state index contributed by atoms with van der Waals surface area (Å²) in [5, 5.41) is 8.91. The van der Waals surface area contributed by atoms with Crippen molar-refractivity contribution in [2.45, 2.75) is 19.4 Å². The molecule has 0 aliphatic heterocycles. The molecule has 2 rings (SSSR count). The summed E-state index contributed by atoms with van der Waals surface area (Å²) in [4.78, 5) is 4.60. The Labute approximate surface area is 101 Å². The normalized spacial score (nSPS) is 11.2. The average molecular weight is 234 g/mol. The Hall–Kier alpha value is -1.39. The molecule has 0 bridgehead atoms. The largest absolute Gasteiger partial charge is 0.396 e. The molecule has 17 heavy (non-hydrogen) atoms. The van der Waals surface area contributed by atoms with Crippen LogP contribution in [-0.4, -0.2) is 35.0 Å². The van der Waals surface area contributed by atoms with Gasteiger partial charge in [-0.3, -0.25) is 0 Å². The molecule has 2 aromatic rings. The Morgan fingerprint density at radius 3 is 2.94 bits per heavy atom. The van der Waals surface area contributed by atoms with Gasteiger partial charge in [0.15, 0.2) is 0 Å². The van der Waals surface area contributed by atoms with Crippen LogP contribution >= 0.6 is 0 Å². The Kier molecular flexibility index (Phi) is 4.12. The zero-order valence-electron chi connectivity index (χ0n) is 10.1. The molecule has 92 valence electrons. The van der Waals surface area contributed by atoms with E-state index in [1.165, 1.54) is 0 Å². The second-order valence-corrected chi connectivity index (χ2v) is 3.99. The van der Waals surface area contributed by atoms with E-state index < -0.39 is 0 Å². The van der Waals surface area contributed by atoms with Crippen molar-refractivity contribution in [3.63, 3.8) is 0 Å². The zero-order chi connectivity index (χ0) is 12.1. The van der Waals surface area contributed by atoms with Gasteiger partial charge in [0, 0.05) is 26.7 Å². The number of nitrogens with zero attached hydrogens (tertiary/aromatic N) is 2. The topological polar surface area (TPSA) is 47.3 Å². The van der Waals surface area contributed by atoms with Crippen LogP contribution in [0, 0.1) is 0 Å². The van der Waals surface area contributed by atoms with E-state index in [0.717, 1.165) is 36.2 Å². The quantitative estimate of drug-likeness (QED) is 0.826. The zero-order valence-corrected chi connectivity index (χ0v) is 10.1. The fourth-order valence-electron chi connectivity index (χ4n) is 1.99. The lowest BCUT2D eigenvalue weighted by molar-refractivity contribution is 0.187. The molecule has 1 heterocycles. The predicted molar refractivity (Wildman–Crippen MR) is 67.0 cm³/mol. The van der Waals surface area contributed by atoms with Gasteiger partial charge in [0.1, 0.15) is 5.82 Å². The SMILES string of the molecule is COCCn1c(CCCO)nc2ccccc21. The lowest BCUT2D eigenvalue weighted by Crippen LogP contribution is -2.08. The van der Waals surface area contributed by atoms with Gasteiger partial charge < -0.3 is 14.4 Å². The molecule has 0 atom stereocenters. The number of aryl methyl sites for hydroxylation is 1. The Morgan fingerprint density at radius 2 is 2.18 bits per heavy atom. The van der Waals surface area contributed by atoms with Gasteiger partial charge in [0.2, 0.25) is 0 Å². The molecule has 0 radical (unpaired) electrons. The van der Waals surface area contributed by atoms with Crippen LogP contribution in [0.15, 0.2) is 24.3 Å². The third-order valence-corrected chi connectivity index (χ3v) is 2.81. The van der Waals surface area contributed by atoms with Crippen LogP contribution in [0.1, 0.15) is 12.2 Å². The minimum absolute atomic E-state index is 0.202. The van der Waals surface area contributed by atoms with E-state index in [1.54, 1.807) is 7.11 Å². The number of para-hydroxylation sites is 2. The highest BCUT2D eigenvalue weighted by atomic mass is 16.5. The number of hydrogen-bond acceptors (Lipinski definition) is 3. The number of imidazole rings is 1. The summed E-state index contributed by atoms with van der Waals surface area (Å²) in [5.74, 6) is 1.03. The van der Waals surface area contributed by atoms with E-state index in [4.69, 9.17) is 9.84 Å². The maximum Gasteiger partial charge on any atom is 0.110 e. The van der Waals surface area contributed by atoms with E-state index in [-0.39, 0.29) is 6.61 Å². The van der Waals surface area contributed by atoms with Crippen LogP contribution in [0.3, 0.4) is 0 Å². The lowest BCUT2D eigenvalue weighted by Gasteiger charge is -2.07. The van der Waals surface area contributed by atoms with Crippen LogP contribution in [0.4, 0.5) is 0 Å². The van der Waals surface area contributed by atoms with E-state index in [1.807, 2.05) is 18.2 Å². The second-order valence-electron chi connectivity index (χ2n) is 3.99. The van der Waals surface area contributed by atoms with Crippen LogP contribution in [-0.2, 0) is 17.7 Å². The highest BCUT2D eigenvalue weighted by Gasteiger charge is 2.09. The summed E-state index contributed by atoms with van der Waals surface area (Å²) in [7, 11) is 1.70. The molecule has 0 saturated heterocycles. The summed E-state index contributed by atoms with van der Waals surface area (Å²) >= 11 is 0. The van der Waals surface area contributed by atoms with Crippen LogP contribution in [0.2, 0.25) is 0 Å². The molecule has 0 fully saturated rings. The summed E-state index contributed by atoms with van der Waals surface area (Å²) in [6.07, 6.45) is 1.55. The second kappa shape index (κ2) is 5.80. The first kappa shape index (κ1) is 12.1. The fourth-order valence-corrected chi connectivity index (χ4v) is 1.99. The molecular formula is C13H18N2O2. The summed E-state index contributed by atoms with van der Waals surface area (Å²) in [5.41, 5.74) is 2.15. The van der Waals surface area contributed by atoms with Gasteiger partial charge in [-0.15, -0.1) is 0 Å². The van der Waals surface area contributed by atoms with Gasteiger partial charge in [0.05, 0.1) is 17.6 Å². The molecule has 0 aliphatic rings. The first-order valence-electron chi connectivity index (χ1n) is 5.90. The molecule has 0 spiro atoms. The van der Waals surface area contributed by atoms with E-state index in [2.05, 4.69) is 15.6 Å². The van der Waals surface area contributed by atoms with Crippen molar-refractivity contribution in [2.75, 3.05) is 20.3 Å². The van der Waals surface area contributed by atoms with Crippen molar-refractivity contribution in [1.29, 1.82) is 0 Å². The van der Waals surface area contributed by atoms with Gasteiger partial charge in [-0.1, -0.05) is 12.1 Å². The first-order chi connectivity index (χ1) is 8.36. The summed E-state index contributed by atoms with van der Waals surface area (Å²) in [6, 6.07) is 8.09. The van der Waals surface area contributed by atoms with E-state index in [9.17, 15) is 0 Å². The number of hydrogen-bond donors (Lipinski definition) is 1. The monoisotopic (exact) mass is 234 g/mol. The van der Waals surface area contributed by atoms with Crippen molar-refractivity contribution in [2.24, 2.45) is 0 Å². The van der Waals surface area contributed by atoms with Gasteiger partial charge >= 0.3 is 0 Å². The molecule has 1 N–H and O–H groups in total. The van der Waals surface area contributed by atoms with Gasteiger partial charge in [-0.2, -0.15) is 0 Å². The van der Waals surface area contributed by atoms with Crippen molar-refractivity contribution >= 4 is 11.0 Å². The smallest absolute Gasteiger partial charge is 0.110 e. The molecule has 0 saturated carbocycles. The van der Waals surface area contributed by atoms with E-state index >= 15 is 0 Å². The number of rotatable bonds is 6. The number of methoxy groups -OCH3 is 1. The Morgan fingerprint density at radius 1 is 1.35 bits per heavy atom. The maximum absolute atomic E-state index is 8.91. The third kappa shape index (κ3) is 2.65. The average Bonchev–Trinajstić information content (AvgIpc) is 2.71. The van der Waals surface area contributed by atoms with Gasteiger partial charge in [0.25, 0.3) is 0 Å². The maximum atomic E-state index is 8.91. The fraction of sp³-hybridized carbons (Fsp3) is 0.462. The summed E-state index contributed by atoms with van der Waals surface area (Å²) < 4.78 is 7.30. The highest BCUT2D eigenvalue weighted by molar-refractivity contribution is 5.75. The number of ether oxygens (including phenoxy) is 1. The standard InChI is InChI=1S/C13H18N2O2/c1-17-10-8-15-12-6-3-2-5-11(12)14-13(15)7-4-9-16/h2-3,5-6,16H,4,7-10H2,1H3. The third-order valence-electron chi connectivity index (χ3n) is 2.81. The van der Waals surface area contributed by atoms with Gasteiger partial charge in [-0.05, 0) is 18.6 Å². The predicted octanol–water partition coefficient (Wildman–Crippen LogP) is 1.61. The van der Waals surface area contributed by atoms with Crippen molar-refractivity contribution in [3.05, 3.63) is 30.1 Å². The molecule has 0 unspecified atom stereocenters. The lowest BCUT2D eigenvalue weighted by atomic mass is 10.3. The molecule has 0 amide bonds. The number of benzene rings is 1. The van der Waals surface area contributed by atoms with Crippen molar-refractivity contribution in [3.8, 4) is 0 Å². The molecule has 4 heteroatoms. The van der Waals surface area contributed by atoms with Crippen LogP contribution in [0.25, 0.3) is 11.0 Å². The molecular weight excluding hydrogens is 216 g/mol. The van der Waals surface area contributed by atoms with Gasteiger partial charge in [-0.25, -0.2) is 4.98 Å².